The number of aliphatic hydroxyl groups is 1. The summed E-state index contributed by atoms with van der Waals surface area (Å²) < 4.78 is 14.1. The van der Waals surface area contributed by atoms with Gasteiger partial charge in [0.1, 0.15) is 18.2 Å². The second-order valence-corrected chi connectivity index (χ2v) is 6.02. The first-order chi connectivity index (χ1) is 12.4. The number of hydrogen-bond acceptors (Lipinski definition) is 6. The van der Waals surface area contributed by atoms with E-state index in [9.17, 15) is 24.4 Å². The van der Waals surface area contributed by atoms with Crippen LogP contribution in [0.4, 0.5) is 10.1 Å². The molecule has 1 atom stereocenters. The number of benzene rings is 1. The molecule has 140 valence electrons. The number of carbonyl (C=O) groups excluding carboxylic acids is 1. The molecule has 0 saturated carbocycles. The molecule has 0 fully saturated rings. The van der Waals surface area contributed by atoms with Crippen molar-refractivity contribution in [1.82, 2.24) is 0 Å². The summed E-state index contributed by atoms with van der Waals surface area (Å²) in [5, 5.41) is 25.2. The van der Waals surface area contributed by atoms with E-state index in [-0.39, 0.29) is 41.2 Å². The van der Waals surface area contributed by atoms with Crippen LogP contribution in [0.5, 0.6) is 0 Å². The molecule has 1 aromatic rings. The van der Waals surface area contributed by atoms with Crippen molar-refractivity contribution in [1.29, 1.82) is 0 Å². The van der Waals surface area contributed by atoms with Gasteiger partial charge in [-0.3, -0.25) is 14.9 Å². The van der Waals surface area contributed by atoms with Crippen molar-refractivity contribution < 1.29 is 24.1 Å². The summed E-state index contributed by atoms with van der Waals surface area (Å²) in [7, 11) is 0. The molecule has 1 aliphatic rings. The molecule has 0 heterocycles. The van der Waals surface area contributed by atoms with Gasteiger partial charge in [0.15, 0.2) is 5.78 Å². The Morgan fingerprint density at radius 3 is 2.73 bits per heavy atom. The lowest BCUT2D eigenvalue weighted by molar-refractivity contribution is -0.385. The van der Waals surface area contributed by atoms with Gasteiger partial charge in [0, 0.05) is 30.9 Å². The largest absolute Gasteiger partial charge is 0.511 e. The van der Waals surface area contributed by atoms with Crippen molar-refractivity contribution in [3.8, 4) is 0 Å². The van der Waals surface area contributed by atoms with E-state index in [0.29, 0.717) is 25.2 Å². The molecule has 1 aliphatic carbocycles. The van der Waals surface area contributed by atoms with E-state index in [4.69, 9.17) is 4.84 Å². The maximum absolute atomic E-state index is 14.1. The second-order valence-electron chi connectivity index (χ2n) is 6.02. The number of ketones is 1. The topological polar surface area (TPSA) is 102 Å². The van der Waals surface area contributed by atoms with Gasteiger partial charge in [0.25, 0.3) is 5.69 Å². The molecule has 1 aromatic carbocycles. The Morgan fingerprint density at radius 1 is 1.42 bits per heavy atom. The number of nitro benzene ring substituents is 1. The molecule has 0 aromatic heterocycles. The van der Waals surface area contributed by atoms with Crippen LogP contribution >= 0.6 is 0 Å². The fourth-order valence-corrected chi connectivity index (χ4v) is 2.99. The average Bonchev–Trinajstić information content (AvgIpc) is 2.59. The summed E-state index contributed by atoms with van der Waals surface area (Å²) >= 11 is 0. The van der Waals surface area contributed by atoms with E-state index in [1.165, 1.54) is 0 Å². The molecule has 1 unspecified atom stereocenters. The van der Waals surface area contributed by atoms with Crippen LogP contribution in [0.15, 0.2) is 34.7 Å². The Morgan fingerprint density at radius 2 is 2.15 bits per heavy atom. The molecule has 0 radical (unpaired) electrons. The molecule has 0 amide bonds. The zero-order valence-corrected chi connectivity index (χ0v) is 14.7. The number of rotatable bonds is 7. The maximum Gasteiger partial charge on any atom is 0.269 e. The van der Waals surface area contributed by atoms with Crippen molar-refractivity contribution in [2.75, 3.05) is 6.61 Å². The highest BCUT2D eigenvalue weighted by atomic mass is 19.1. The van der Waals surface area contributed by atoms with Gasteiger partial charge in [0.2, 0.25) is 0 Å². The predicted molar refractivity (Wildman–Crippen MR) is 93.7 cm³/mol. The standard InChI is InChI=1S/C18H21FN2O5/c1-3-5-15(20-26-4-2)18-16(22)8-11(9-17(18)23)13-10-12(21(24)25)6-7-14(13)19/h6-7,10-11,22H,3-5,8-9H2,1-2H3/b20-15+. The summed E-state index contributed by atoms with van der Waals surface area (Å²) in [5.41, 5.74) is 0.279. The SMILES string of the molecule is CCC/C(=N\OCC)C1=C(O)CC(c2cc([N+](=O)[O-])ccc2F)CC1=O. The fourth-order valence-electron chi connectivity index (χ4n) is 2.99. The fraction of sp³-hybridized carbons (Fsp3) is 0.444. The van der Waals surface area contributed by atoms with E-state index in [1.807, 2.05) is 6.92 Å². The predicted octanol–water partition coefficient (Wildman–Crippen LogP) is 4.19. The minimum atomic E-state index is -0.666. The Bertz CT molecular complexity index is 773. The van der Waals surface area contributed by atoms with Gasteiger partial charge in [-0.2, -0.15) is 0 Å². The highest BCUT2D eigenvalue weighted by Crippen LogP contribution is 2.37. The third-order valence-electron chi connectivity index (χ3n) is 4.15. The quantitative estimate of drug-likeness (QED) is 0.444. The van der Waals surface area contributed by atoms with Gasteiger partial charge >= 0.3 is 0 Å². The monoisotopic (exact) mass is 364 g/mol. The summed E-state index contributed by atoms with van der Waals surface area (Å²) in [6.07, 6.45) is 1.11. The lowest BCUT2D eigenvalue weighted by Gasteiger charge is -2.24. The smallest absolute Gasteiger partial charge is 0.269 e. The van der Waals surface area contributed by atoms with Crippen molar-refractivity contribution in [3.05, 3.63) is 51.0 Å². The lowest BCUT2D eigenvalue weighted by Crippen LogP contribution is -2.24. The number of aliphatic hydroxyl groups excluding tert-OH is 1. The van der Waals surface area contributed by atoms with Gasteiger partial charge in [-0.15, -0.1) is 0 Å². The maximum atomic E-state index is 14.1. The Labute approximate surface area is 150 Å². The van der Waals surface area contributed by atoms with Crippen LogP contribution in [0, 0.1) is 15.9 Å². The Balaban J connectivity index is 2.37. The molecule has 7 nitrogen and oxygen atoms in total. The van der Waals surface area contributed by atoms with Crippen LogP contribution in [-0.2, 0) is 9.63 Å². The van der Waals surface area contributed by atoms with Crippen LogP contribution < -0.4 is 0 Å². The lowest BCUT2D eigenvalue weighted by atomic mass is 9.80. The van der Waals surface area contributed by atoms with Gasteiger partial charge in [-0.05, 0) is 25.0 Å². The zero-order chi connectivity index (χ0) is 19.3. The zero-order valence-electron chi connectivity index (χ0n) is 14.7. The first-order valence-electron chi connectivity index (χ1n) is 8.47. The molecule has 2 rings (SSSR count). The number of Topliss-reactive ketones (excluding diaryl/α,β-unsaturated/α-hetero) is 1. The van der Waals surface area contributed by atoms with Crippen LogP contribution in [0.2, 0.25) is 0 Å². The Hall–Kier alpha value is -2.77. The number of halogens is 1. The molecule has 1 N–H and O–H groups in total. The van der Waals surface area contributed by atoms with Gasteiger partial charge < -0.3 is 9.94 Å². The number of carbonyl (C=O) groups is 1. The molecule has 26 heavy (non-hydrogen) atoms. The van der Waals surface area contributed by atoms with Crippen LogP contribution in [-0.4, -0.2) is 28.1 Å². The van der Waals surface area contributed by atoms with E-state index >= 15 is 0 Å². The number of nitrogens with zero attached hydrogens (tertiary/aromatic N) is 2. The number of nitro groups is 1. The van der Waals surface area contributed by atoms with E-state index < -0.39 is 16.7 Å². The van der Waals surface area contributed by atoms with E-state index in [1.54, 1.807) is 6.92 Å². The number of non-ortho nitro benzene ring substituents is 1. The summed E-state index contributed by atoms with van der Waals surface area (Å²) in [6.45, 7) is 4.00. The highest BCUT2D eigenvalue weighted by Gasteiger charge is 2.33. The first-order valence-corrected chi connectivity index (χ1v) is 8.47. The number of allylic oxidation sites excluding steroid dienone is 2. The highest BCUT2D eigenvalue weighted by molar-refractivity contribution is 6.23. The molecule has 0 spiro atoms. The third kappa shape index (κ3) is 4.25. The molecular formula is C18H21FN2O5. The van der Waals surface area contributed by atoms with Crippen LogP contribution in [0.3, 0.4) is 0 Å². The average molecular weight is 364 g/mol. The molecule has 0 saturated heterocycles. The van der Waals surface area contributed by atoms with Crippen molar-refractivity contribution in [3.63, 3.8) is 0 Å². The first kappa shape index (κ1) is 19.6. The van der Waals surface area contributed by atoms with Crippen molar-refractivity contribution >= 4 is 17.2 Å². The summed E-state index contributed by atoms with van der Waals surface area (Å²) in [5.74, 6) is -1.87. The van der Waals surface area contributed by atoms with E-state index in [2.05, 4.69) is 5.16 Å². The van der Waals surface area contributed by atoms with Gasteiger partial charge in [0.05, 0.1) is 16.2 Å². The molecule has 0 bridgehead atoms. The van der Waals surface area contributed by atoms with Crippen molar-refractivity contribution in [2.45, 2.75) is 45.4 Å². The molecular weight excluding hydrogens is 343 g/mol. The minimum Gasteiger partial charge on any atom is -0.511 e. The Kier molecular flexibility index (Phi) is 6.43. The summed E-state index contributed by atoms with van der Waals surface area (Å²) in [6, 6.07) is 3.19. The third-order valence-corrected chi connectivity index (χ3v) is 4.15. The number of hydrogen-bond donors (Lipinski definition) is 1. The van der Waals surface area contributed by atoms with Gasteiger partial charge in [-0.25, -0.2) is 4.39 Å². The molecule has 8 heteroatoms. The van der Waals surface area contributed by atoms with Crippen LogP contribution in [0.25, 0.3) is 0 Å². The minimum absolute atomic E-state index is 0.00796. The van der Waals surface area contributed by atoms with Crippen LogP contribution in [0.1, 0.15) is 51.0 Å². The van der Waals surface area contributed by atoms with E-state index in [0.717, 1.165) is 18.2 Å². The van der Waals surface area contributed by atoms with Crippen molar-refractivity contribution in [2.24, 2.45) is 5.16 Å². The molecule has 0 aliphatic heterocycles. The number of oxime groups is 1. The summed E-state index contributed by atoms with van der Waals surface area (Å²) in [4.78, 5) is 27.9. The normalized spacial score (nSPS) is 18.2. The van der Waals surface area contributed by atoms with Gasteiger partial charge in [-0.1, -0.05) is 18.5 Å². The second kappa shape index (κ2) is 8.55.